The molecule has 0 N–H and O–H groups in total. The Hall–Kier alpha value is -9.27. The predicted molar refractivity (Wildman–Crippen MR) is 317 cm³/mol. The van der Waals surface area contributed by atoms with Crippen LogP contribution in [0.5, 0.6) is 11.5 Å². The molecule has 0 fully saturated rings. The first-order valence-corrected chi connectivity index (χ1v) is 26.4. The molecule has 0 bridgehead atoms. The number of benzene rings is 10. The van der Waals surface area contributed by atoms with E-state index in [2.05, 4.69) is 277 Å². The standard InChI is InChI=1S/C72H50N5O.Pt/c1-71(2,3)51-39-40-74-69(43-51)77-65-32-17-15-28-60(65)61-37-36-55(46-68(61)77)78-56-42-52(72(50-25-12-7-13-26-50)63-31-16-14-27-59(63)62-44-53(73-4)35-38-64(62)72)41-54(45-56)75-47-76(67-34-19-18-33-66(67)75)70-57(48-21-8-5-9-22-48)29-20-30-58(70)49-23-10-6-11-24-49;/h5-44,47H,1-3H3;/q-3;. The largest absolute Gasteiger partial charge is 0.509 e. The van der Waals surface area contributed by atoms with Crippen LogP contribution in [0.25, 0.3) is 65.8 Å². The van der Waals surface area contributed by atoms with Gasteiger partial charge in [0.25, 0.3) is 0 Å². The minimum Gasteiger partial charge on any atom is -0.509 e. The summed E-state index contributed by atoms with van der Waals surface area (Å²) in [7, 11) is 0. The molecule has 3 heterocycles. The van der Waals surface area contributed by atoms with Gasteiger partial charge in [-0.15, -0.1) is 53.6 Å². The molecule has 1 aliphatic heterocycles. The van der Waals surface area contributed by atoms with Crippen LogP contribution >= 0.6 is 0 Å². The third kappa shape index (κ3) is 8.15. The molecule has 0 radical (unpaired) electrons. The van der Waals surface area contributed by atoms with Crippen molar-refractivity contribution in [3.8, 4) is 50.7 Å². The molecular formula is C72H50N5OPt-3. The molecule has 1 atom stereocenters. The quantitative estimate of drug-likeness (QED) is 0.135. The fraction of sp³-hybridized carbons (Fsp3) is 0.0694. The van der Waals surface area contributed by atoms with Crippen molar-refractivity contribution in [2.75, 3.05) is 9.80 Å². The second kappa shape index (κ2) is 19.6. The van der Waals surface area contributed by atoms with Crippen LogP contribution in [-0.2, 0) is 31.9 Å². The number of pyridine rings is 1. The van der Waals surface area contributed by atoms with E-state index in [1.807, 2.05) is 24.4 Å². The zero-order valence-electron chi connectivity index (χ0n) is 43.6. The Morgan fingerprint density at radius 2 is 1.16 bits per heavy atom. The average molecular weight is 1200 g/mol. The van der Waals surface area contributed by atoms with E-state index >= 15 is 0 Å². The zero-order chi connectivity index (χ0) is 52.5. The summed E-state index contributed by atoms with van der Waals surface area (Å²) < 4.78 is 9.46. The van der Waals surface area contributed by atoms with Gasteiger partial charge in [-0.2, -0.15) is 6.07 Å². The second-order valence-electron chi connectivity index (χ2n) is 21.1. The summed E-state index contributed by atoms with van der Waals surface area (Å²) in [6, 6.07) is 91.0. The van der Waals surface area contributed by atoms with E-state index in [4.69, 9.17) is 16.3 Å². The van der Waals surface area contributed by atoms with Crippen LogP contribution in [0.3, 0.4) is 0 Å². The van der Waals surface area contributed by atoms with Gasteiger partial charge in [0.05, 0.1) is 6.57 Å². The maximum Gasteiger partial charge on any atom is 0.187 e. The van der Waals surface area contributed by atoms with E-state index in [0.717, 1.165) is 106 Å². The summed E-state index contributed by atoms with van der Waals surface area (Å²) in [5, 5.41) is 2.16. The summed E-state index contributed by atoms with van der Waals surface area (Å²) >= 11 is 0. The van der Waals surface area contributed by atoms with Crippen LogP contribution in [0.4, 0.5) is 28.4 Å². The third-order valence-corrected chi connectivity index (χ3v) is 15.6. The van der Waals surface area contributed by atoms with Gasteiger partial charge in [0.1, 0.15) is 5.82 Å². The van der Waals surface area contributed by atoms with Gasteiger partial charge in [0, 0.05) is 77.9 Å². The van der Waals surface area contributed by atoms with Gasteiger partial charge in [-0.1, -0.05) is 202 Å². The molecule has 0 amide bonds. The number of nitrogens with zero attached hydrogens (tertiary/aromatic N) is 5. The molecule has 2 aromatic heterocycles. The number of para-hydroxylation sites is 4. The van der Waals surface area contributed by atoms with Gasteiger partial charge in [0.15, 0.2) is 5.69 Å². The first-order chi connectivity index (χ1) is 38.3. The van der Waals surface area contributed by atoms with Crippen molar-refractivity contribution >= 4 is 50.2 Å². The van der Waals surface area contributed by atoms with Gasteiger partial charge in [0.2, 0.25) is 0 Å². The Morgan fingerprint density at radius 1 is 0.532 bits per heavy atom. The minimum absolute atomic E-state index is 0. The van der Waals surface area contributed by atoms with Crippen LogP contribution in [0, 0.1) is 25.4 Å². The normalized spacial score (nSPS) is 14.4. The van der Waals surface area contributed by atoms with Crippen molar-refractivity contribution in [3.05, 3.63) is 301 Å². The SMILES string of the molecule is [C-]#[N+]c1ccc2c(c1)-c1ccccc1C2(c1ccccc1)c1cc(Oc2[c-]c3c(cc2)c2ccccc2n3-c2cc(C(C)(C)C)ccn2)[c-]c(N2[CH-]N(c3c(-c4ccccc4)cccc3-c3ccccc3)c3ccccc32)c1.[Pt]. The van der Waals surface area contributed by atoms with E-state index in [-0.39, 0.29) is 26.5 Å². The molecule has 7 heteroatoms. The Balaban J connectivity index is 0.00000591. The molecule has 2 aliphatic rings. The average Bonchev–Trinajstić information content (AvgIpc) is 3.29. The van der Waals surface area contributed by atoms with Crippen LogP contribution in [0.15, 0.2) is 243 Å². The summed E-state index contributed by atoms with van der Waals surface area (Å²) in [5.74, 6) is 1.88. The van der Waals surface area contributed by atoms with E-state index in [1.165, 1.54) is 5.56 Å². The van der Waals surface area contributed by atoms with Gasteiger partial charge in [-0.05, 0) is 91.7 Å². The summed E-state index contributed by atoms with van der Waals surface area (Å²) in [6.45, 7) is 17.0. The molecule has 0 saturated heterocycles. The van der Waals surface area contributed by atoms with Gasteiger partial charge < -0.3 is 19.1 Å². The molecule has 0 saturated carbocycles. The van der Waals surface area contributed by atoms with Crippen molar-refractivity contribution in [3.63, 3.8) is 0 Å². The van der Waals surface area contributed by atoms with Gasteiger partial charge in [-0.25, -0.2) is 9.83 Å². The Morgan fingerprint density at radius 3 is 1.89 bits per heavy atom. The third-order valence-electron chi connectivity index (χ3n) is 15.6. The molecular weight excluding hydrogens is 1150 g/mol. The van der Waals surface area contributed by atoms with Crippen molar-refractivity contribution in [2.24, 2.45) is 0 Å². The van der Waals surface area contributed by atoms with Crippen LogP contribution in [-0.4, -0.2) is 9.55 Å². The van der Waals surface area contributed by atoms with Crippen molar-refractivity contribution in [1.29, 1.82) is 0 Å². The summed E-state index contributed by atoms with van der Waals surface area (Å²) in [4.78, 5) is 13.5. The molecule has 6 nitrogen and oxygen atoms in total. The zero-order valence-corrected chi connectivity index (χ0v) is 45.9. The summed E-state index contributed by atoms with van der Waals surface area (Å²) in [5.41, 5.74) is 17.5. The van der Waals surface area contributed by atoms with E-state index in [1.54, 1.807) is 0 Å². The van der Waals surface area contributed by atoms with Crippen LogP contribution < -0.4 is 14.5 Å². The topological polar surface area (TPSA) is 37.9 Å². The Labute approximate surface area is 475 Å². The fourth-order valence-corrected chi connectivity index (χ4v) is 12.0. The maximum absolute atomic E-state index is 8.10. The number of hydrogen-bond acceptors (Lipinski definition) is 4. The first kappa shape index (κ1) is 49.3. The molecule has 12 aromatic rings. The number of anilines is 4. The first-order valence-electron chi connectivity index (χ1n) is 26.4. The number of hydrogen-bond donors (Lipinski definition) is 0. The van der Waals surface area contributed by atoms with Crippen LogP contribution in [0.1, 0.15) is 48.6 Å². The van der Waals surface area contributed by atoms with Crippen molar-refractivity contribution < 1.29 is 25.8 Å². The molecule has 382 valence electrons. The number of aromatic nitrogens is 2. The molecule has 1 aliphatic carbocycles. The van der Waals surface area contributed by atoms with Gasteiger partial charge >= 0.3 is 0 Å². The predicted octanol–water partition coefficient (Wildman–Crippen LogP) is 18.5. The second-order valence-corrected chi connectivity index (χ2v) is 21.1. The Bertz CT molecular complexity index is 4290. The minimum atomic E-state index is -0.834. The van der Waals surface area contributed by atoms with Gasteiger partial charge in [-0.3, -0.25) is 0 Å². The monoisotopic (exact) mass is 1200 g/mol. The van der Waals surface area contributed by atoms with Crippen molar-refractivity contribution in [2.45, 2.75) is 31.6 Å². The maximum atomic E-state index is 8.10. The van der Waals surface area contributed by atoms with Crippen molar-refractivity contribution in [1.82, 2.24) is 9.55 Å². The number of fused-ring (bicyclic) bond motifs is 7. The molecule has 10 aromatic carbocycles. The van der Waals surface area contributed by atoms with Crippen LogP contribution in [0.2, 0.25) is 0 Å². The number of ether oxygens (including phenoxy) is 1. The molecule has 1 unspecified atom stereocenters. The van der Waals surface area contributed by atoms with E-state index < -0.39 is 5.41 Å². The van der Waals surface area contributed by atoms with E-state index in [9.17, 15) is 0 Å². The smallest absolute Gasteiger partial charge is 0.187 e. The molecule has 14 rings (SSSR count). The Kier molecular flexibility index (Phi) is 12.3. The van der Waals surface area contributed by atoms with E-state index in [0.29, 0.717) is 17.2 Å². The molecule has 0 spiro atoms. The summed E-state index contributed by atoms with van der Waals surface area (Å²) in [6.07, 6.45) is 1.90. The number of rotatable bonds is 9. The fourth-order valence-electron chi connectivity index (χ4n) is 12.0. The molecule has 79 heavy (non-hydrogen) atoms.